The molecule has 0 aliphatic carbocycles. The topological polar surface area (TPSA) is 59.6 Å². The van der Waals surface area contributed by atoms with Crippen LogP contribution >= 0.6 is 0 Å². The molecule has 3 nitrogen and oxygen atoms in total. The Morgan fingerprint density at radius 2 is 1.83 bits per heavy atom. The Morgan fingerprint density at radius 1 is 1.00 bits per heavy atom. The third kappa shape index (κ3) is 2.45. The maximum atomic E-state index is 13.0. The lowest BCUT2D eigenvalue weighted by Crippen LogP contribution is -1.94. The van der Waals surface area contributed by atoms with Crippen molar-refractivity contribution in [2.24, 2.45) is 0 Å². The monoisotopic (exact) mass is 237 g/mol. The van der Waals surface area contributed by atoms with Crippen LogP contribution in [-0.4, -0.2) is 0 Å². The summed E-state index contributed by atoms with van der Waals surface area (Å²) < 4.78 is 13.0. The second-order valence-electron chi connectivity index (χ2n) is 3.62. The van der Waals surface area contributed by atoms with E-state index in [4.69, 9.17) is 10.5 Å². The number of hydrogen-bond acceptors (Lipinski definition) is 3. The lowest BCUT2D eigenvalue weighted by Gasteiger charge is -2.08. The van der Waals surface area contributed by atoms with E-state index in [1.807, 2.05) is 12.1 Å². The Balaban J connectivity index is 2.35. The van der Waals surface area contributed by atoms with E-state index in [2.05, 4.69) is 5.32 Å². The van der Waals surface area contributed by atoms with Gasteiger partial charge in [0.1, 0.15) is 11.9 Å². The largest absolute Gasteiger partial charge is 0.354 e. The third-order valence-electron chi connectivity index (χ3n) is 2.37. The van der Waals surface area contributed by atoms with Crippen molar-refractivity contribution >= 4 is 11.4 Å². The van der Waals surface area contributed by atoms with Crippen molar-refractivity contribution in [3.05, 3.63) is 59.4 Å². The normalized spacial score (nSPS) is 9.28. The summed E-state index contributed by atoms with van der Waals surface area (Å²) in [6.45, 7) is 0. The number of rotatable bonds is 2. The van der Waals surface area contributed by atoms with E-state index in [0.717, 1.165) is 6.07 Å². The van der Waals surface area contributed by atoms with Crippen LogP contribution in [0.4, 0.5) is 15.8 Å². The van der Waals surface area contributed by atoms with Crippen molar-refractivity contribution in [1.82, 2.24) is 0 Å². The molecule has 0 unspecified atom stereocenters. The number of nitriles is 2. The second kappa shape index (κ2) is 4.99. The molecule has 0 aliphatic rings. The van der Waals surface area contributed by atoms with Gasteiger partial charge in [0, 0.05) is 5.69 Å². The molecule has 0 saturated carbocycles. The summed E-state index contributed by atoms with van der Waals surface area (Å²) in [7, 11) is 0. The van der Waals surface area contributed by atoms with Gasteiger partial charge in [0.15, 0.2) is 0 Å². The molecule has 2 aromatic carbocycles. The Hall–Kier alpha value is -2.85. The zero-order valence-electron chi connectivity index (χ0n) is 9.31. The van der Waals surface area contributed by atoms with Gasteiger partial charge in [-0.25, -0.2) is 4.39 Å². The molecule has 0 heterocycles. The number of halogens is 1. The summed E-state index contributed by atoms with van der Waals surface area (Å²) in [5.74, 6) is -0.456. The van der Waals surface area contributed by atoms with Crippen molar-refractivity contribution in [3.8, 4) is 12.1 Å². The van der Waals surface area contributed by atoms with E-state index >= 15 is 0 Å². The Labute approximate surface area is 104 Å². The lowest BCUT2D eigenvalue weighted by molar-refractivity contribution is 0.627. The smallest absolute Gasteiger partial charge is 0.124 e. The number of anilines is 2. The summed E-state index contributed by atoms with van der Waals surface area (Å²) in [4.78, 5) is 0. The average Bonchev–Trinajstić information content (AvgIpc) is 2.41. The maximum Gasteiger partial charge on any atom is 0.124 e. The van der Waals surface area contributed by atoms with Gasteiger partial charge in [-0.3, -0.25) is 0 Å². The van der Waals surface area contributed by atoms with Crippen LogP contribution < -0.4 is 5.32 Å². The fourth-order valence-corrected chi connectivity index (χ4v) is 1.54. The maximum absolute atomic E-state index is 13.0. The Kier molecular flexibility index (Phi) is 3.22. The molecule has 0 radical (unpaired) electrons. The highest BCUT2D eigenvalue weighted by atomic mass is 19.1. The highest BCUT2D eigenvalue weighted by Crippen LogP contribution is 2.21. The molecule has 2 aromatic rings. The standard InChI is InChI=1S/C14H8FN3/c15-12-4-5-14(11(7-12)9-17)18-13-3-1-2-10(6-13)8-16/h1-7,18H. The molecule has 0 aliphatic heterocycles. The first-order valence-corrected chi connectivity index (χ1v) is 5.20. The van der Waals surface area contributed by atoms with Crippen LogP contribution in [-0.2, 0) is 0 Å². The van der Waals surface area contributed by atoms with E-state index in [-0.39, 0.29) is 5.56 Å². The van der Waals surface area contributed by atoms with Crippen LogP contribution in [0.1, 0.15) is 11.1 Å². The highest BCUT2D eigenvalue weighted by Gasteiger charge is 2.04. The first kappa shape index (κ1) is 11.6. The van der Waals surface area contributed by atoms with Gasteiger partial charge in [-0.1, -0.05) is 6.07 Å². The first-order valence-electron chi connectivity index (χ1n) is 5.20. The van der Waals surface area contributed by atoms with Gasteiger partial charge in [-0.15, -0.1) is 0 Å². The van der Waals surface area contributed by atoms with Gasteiger partial charge in [0.05, 0.1) is 22.9 Å². The van der Waals surface area contributed by atoms with E-state index in [9.17, 15) is 4.39 Å². The molecular weight excluding hydrogens is 229 g/mol. The summed E-state index contributed by atoms with van der Waals surface area (Å²) in [5, 5.41) is 20.7. The zero-order chi connectivity index (χ0) is 13.0. The molecule has 0 amide bonds. The number of nitrogens with one attached hydrogen (secondary N) is 1. The SMILES string of the molecule is N#Cc1cccc(Nc2ccc(F)cc2C#N)c1. The predicted octanol–water partition coefficient (Wildman–Crippen LogP) is 3.31. The van der Waals surface area contributed by atoms with Crippen molar-refractivity contribution in [2.45, 2.75) is 0 Å². The van der Waals surface area contributed by atoms with Crippen molar-refractivity contribution < 1.29 is 4.39 Å². The van der Waals surface area contributed by atoms with Gasteiger partial charge in [-0.2, -0.15) is 10.5 Å². The van der Waals surface area contributed by atoms with Crippen LogP contribution in [0.3, 0.4) is 0 Å². The molecule has 2 rings (SSSR count). The molecule has 18 heavy (non-hydrogen) atoms. The molecule has 1 N–H and O–H groups in total. The minimum Gasteiger partial charge on any atom is -0.354 e. The lowest BCUT2D eigenvalue weighted by atomic mass is 10.1. The fourth-order valence-electron chi connectivity index (χ4n) is 1.54. The third-order valence-corrected chi connectivity index (χ3v) is 2.37. The van der Waals surface area contributed by atoms with Crippen LogP contribution in [0.25, 0.3) is 0 Å². The highest BCUT2D eigenvalue weighted by molar-refractivity contribution is 5.67. The predicted molar refractivity (Wildman–Crippen MR) is 65.6 cm³/mol. The molecule has 4 heteroatoms. The Bertz CT molecular complexity index is 665. The fraction of sp³-hybridized carbons (Fsp3) is 0. The summed E-state index contributed by atoms with van der Waals surface area (Å²) in [6, 6.07) is 14.7. The molecule has 0 atom stereocenters. The van der Waals surface area contributed by atoms with E-state index in [1.165, 1.54) is 12.1 Å². The van der Waals surface area contributed by atoms with Crippen molar-refractivity contribution in [3.63, 3.8) is 0 Å². The van der Waals surface area contributed by atoms with Gasteiger partial charge in [0.25, 0.3) is 0 Å². The zero-order valence-corrected chi connectivity index (χ0v) is 9.31. The molecule has 0 saturated heterocycles. The molecule has 0 spiro atoms. The molecule has 0 fully saturated rings. The first-order chi connectivity index (χ1) is 8.72. The van der Waals surface area contributed by atoms with Gasteiger partial charge < -0.3 is 5.32 Å². The van der Waals surface area contributed by atoms with E-state index in [1.54, 1.807) is 24.3 Å². The minimum atomic E-state index is -0.456. The average molecular weight is 237 g/mol. The van der Waals surface area contributed by atoms with Crippen molar-refractivity contribution in [1.29, 1.82) is 10.5 Å². The van der Waals surface area contributed by atoms with Crippen LogP contribution in [0.2, 0.25) is 0 Å². The number of hydrogen-bond donors (Lipinski definition) is 1. The molecule has 86 valence electrons. The minimum absolute atomic E-state index is 0.220. The van der Waals surface area contributed by atoms with Gasteiger partial charge in [0.2, 0.25) is 0 Å². The molecule has 0 bridgehead atoms. The van der Waals surface area contributed by atoms with Crippen molar-refractivity contribution in [2.75, 3.05) is 5.32 Å². The summed E-state index contributed by atoms with van der Waals surface area (Å²) in [5.41, 5.74) is 1.92. The van der Waals surface area contributed by atoms with E-state index < -0.39 is 5.82 Å². The Morgan fingerprint density at radius 3 is 2.56 bits per heavy atom. The van der Waals surface area contributed by atoms with E-state index in [0.29, 0.717) is 16.9 Å². The second-order valence-corrected chi connectivity index (χ2v) is 3.62. The summed E-state index contributed by atoms with van der Waals surface area (Å²) >= 11 is 0. The van der Waals surface area contributed by atoms with Crippen LogP contribution in [0, 0.1) is 28.5 Å². The van der Waals surface area contributed by atoms with Gasteiger partial charge >= 0.3 is 0 Å². The van der Waals surface area contributed by atoms with Gasteiger partial charge in [-0.05, 0) is 36.4 Å². The number of nitrogens with zero attached hydrogens (tertiary/aromatic N) is 2. The number of benzene rings is 2. The van der Waals surface area contributed by atoms with Crippen LogP contribution in [0.5, 0.6) is 0 Å². The van der Waals surface area contributed by atoms with Crippen LogP contribution in [0.15, 0.2) is 42.5 Å². The molecular formula is C14H8FN3. The molecule has 0 aromatic heterocycles. The quantitative estimate of drug-likeness (QED) is 0.871. The summed E-state index contributed by atoms with van der Waals surface area (Å²) in [6.07, 6.45) is 0.